The van der Waals surface area contributed by atoms with Gasteiger partial charge >= 0.3 is 0 Å². The van der Waals surface area contributed by atoms with Crippen LogP contribution in [0.5, 0.6) is 0 Å². The molecule has 2 aromatic rings. The van der Waals surface area contributed by atoms with Crippen molar-refractivity contribution in [2.75, 3.05) is 6.54 Å². The van der Waals surface area contributed by atoms with Crippen LogP contribution in [-0.4, -0.2) is 23.7 Å². The monoisotopic (exact) mass is 273 g/mol. The number of aryl methyl sites for hydroxylation is 2. The SMILES string of the molecule is Cc1cc(C)cc(-c2ccc(C(=O)NCC(C)O)o2)c1. The second-order valence-electron chi connectivity index (χ2n) is 5.10. The van der Waals surface area contributed by atoms with Crippen LogP contribution in [0.1, 0.15) is 28.6 Å². The molecule has 0 aliphatic rings. The highest BCUT2D eigenvalue weighted by molar-refractivity contribution is 5.92. The minimum Gasteiger partial charge on any atom is -0.451 e. The molecule has 1 aromatic heterocycles. The summed E-state index contributed by atoms with van der Waals surface area (Å²) in [5.74, 6) is 0.598. The summed E-state index contributed by atoms with van der Waals surface area (Å²) in [7, 11) is 0. The fraction of sp³-hybridized carbons (Fsp3) is 0.312. The van der Waals surface area contributed by atoms with Crippen molar-refractivity contribution in [3.8, 4) is 11.3 Å². The van der Waals surface area contributed by atoms with Gasteiger partial charge in [0, 0.05) is 12.1 Å². The first-order chi connectivity index (χ1) is 9.45. The van der Waals surface area contributed by atoms with Crippen LogP contribution in [0.15, 0.2) is 34.7 Å². The van der Waals surface area contributed by atoms with Gasteiger partial charge in [-0.05, 0) is 45.0 Å². The predicted molar refractivity (Wildman–Crippen MR) is 77.6 cm³/mol. The van der Waals surface area contributed by atoms with Gasteiger partial charge in [-0.25, -0.2) is 0 Å². The molecule has 0 saturated heterocycles. The molecule has 0 spiro atoms. The standard InChI is InChI=1S/C16H19NO3/c1-10-6-11(2)8-13(7-10)14-4-5-15(20-14)16(19)17-9-12(3)18/h4-8,12,18H,9H2,1-3H3,(H,17,19). The second kappa shape index (κ2) is 5.92. The molecule has 1 heterocycles. The Morgan fingerprint density at radius 1 is 1.25 bits per heavy atom. The van der Waals surface area contributed by atoms with Crippen LogP contribution < -0.4 is 5.32 Å². The molecule has 0 aliphatic carbocycles. The Morgan fingerprint density at radius 2 is 1.90 bits per heavy atom. The molecular formula is C16H19NO3. The summed E-state index contributed by atoms with van der Waals surface area (Å²) in [6, 6.07) is 9.55. The average molecular weight is 273 g/mol. The van der Waals surface area contributed by atoms with Crippen molar-refractivity contribution in [3.05, 3.63) is 47.2 Å². The van der Waals surface area contributed by atoms with Gasteiger partial charge in [-0.1, -0.05) is 17.2 Å². The smallest absolute Gasteiger partial charge is 0.287 e. The maximum Gasteiger partial charge on any atom is 0.287 e. The van der Waals surface area contributed by atoms with Crippen molar-refractivity contribution in [2.45, 2.75) is 26.9 Å². The number of amides is 1. The third kappa shape index (κ3) is 3.48. The molecule has 1 amide bonds. The summed E-state index contributed by atoms with van der Waals surface area (Å²) >= 11 is 0. The Bertz CT molecular complexity index is 594. The molecule has 0 bridgehead atoms. The minimum atomic E-state index is -0.576. The molecule has 0 aliphatic heterocycles. The van der Waals surface area contributed by atoms with E-state index in [9.17, 15) is 4.79 Å². The molecule has 106 valence electrons. The van der Waals surface area contributed by atoms with Crippen LogP contribution in [0.4, 0.5) is 0 Å². The predicted octanol–water partition coefficient (Wildman–Crippen LogP) is 2.67. The van der Waals surface area contributed by atoms with E-state index < -0.39 is 6.10 Å². The summed E-state index contributed by atoms with van der Waals surface area (Å²) in [5.41, 5.74) is 3.25. The molecule has 1 atom stereocenters. The largest absolute Gasteiger partial charge is 0.451 e. The molecule has 20 heavy (non-hydrogen) atoms. The van der Waals surface area contributed by atoms with Gasteiger partial charge in [0.05, 0.1) is 6.10 Å². The average Bonchev–Trinajstić information content (AvgIpc) is 2.84. The number of aliphatic hydroxyl groups is 1. The first-order valence-corrected chi connectivity index (χ1v) is 6.60. The minimum absolute atomic E-state index is 0.207. The molecule has 0 fully saturated rings. The van der Waals surface area contributed by atoms with Crippen molar-refractivity contribution in [3.63, 3.8) is 0 Å². The highest BCUT2D eigenvalue weighted by Gasteiger charge is 2.12. The molecule has 4 heteroatoms. The maximum absolute atomic E-state index is 11.8. The van der Waals surface area contributed by atoms with Gasteiger partial charge in [-0.3, -0.25) is 4.79 Å². The Morgan fingerprint density at radius 3 is 2.50 bits per heavy atom. The Labute approximate surface area is 118 Å². The van der Waals surface area contributed by atoms with E-state index in [1.807, 2.05) is 26.0 Å². The van der Waals surface area contributed by atoms with E-state index in [-0.39, 0.29) is 18.2 Å². The Kier molecular flexibility index (Phi) is 4.25. The molecular weight excluding hydrogens is 254 g/mol. The van der Waals surface area contributed by atoms with Crippen molar-refractivity contribution in [1.29, 1.82) is 0 Å². The topological polar surface area (TPSA) is 62.5 Å². The van der Waals surface area contributed by atoms with E-state index in [4.69, 9.17) is 9.52 Å². The van der Waals surface area contributed by atoms with Crippen LogP contribution >= 0.6 is 0 Å². The van der Waals surface area contributed by atoms with Gasteiger partial charge in [0.2, 0.25) is 0 Å². The van der Waals surface area contributed by atoms with E-state index in [1.165, 1.54) is 0 Å². The maximum atomic E-state index is 11.8. The lowest BCUT2D eigenvalue weighted by Crippen LogP contribution is -2.30. The van der Waals surface area contributed by atoms with Crippen molar-refractivity contribution in [1.82, 2.24) is 5.32 Å². The first-order valence-electron chi connectivity index (χ1n) is 6.60. The molecule has 2 rings (SSSR count). The van der Waals surface area contributed by atoms with E-state index in [0.29, 0.717) is 5.76 Å². The molecule has 0 saturated carbocycles. The zero-order valence-electron chi connectivity index (χ0n) is 11.9. The van der Waals surface area contributed by atoms with Gasteiger partial charge in [-0.15, -0.1) is 0 Å². The van der Waals surface area contributed by atoms with Crippen LogP contribution in [0.2, 0.25) is 0 Å². The van der Waals surface area contributed by atoms with Gasteiger partial charge in [0.15, 0.2) is 5.76 Å². The van der Waals surface area contributed by atoms with Gasteiger partial charge < -0.3 is 14.8 Å². The first kappa shape index (κ1) is 14.3. The van der Waals surface area contributed by atoms with Crippen molar-refractivity contribution >= 4 is 5.91 Å². The number of nitrogens with one attached hydrogen (secondary N) is 1. The summed E-state index contributed by atoms with van der Waals surface area (Å²) in [4.78, 5) is 11.8. The molecule has 0 radical (unpaired) electrons. The normalized spacial score (nSPS) is 12.2. The lowest BCUT2D eigenvalue weighted by molar-refractivity contribution is 0.0897. The van der Waals surface area contributed by atoms with Crippen LogP contribution in [0.3, 0.4) is 0 Å². The van der Waals surface area contributed by atoms with Crippen LogP contribution in [0, 0.1) is 13.8 Å². The Balaban J connectivity index is 2.18. The van der Waals surface area contributed by atoms with Crippen molar-refractivity contribution in [2.24, 2.45) is 0 Å². The molecule has 1 unspecified atom stereocenters. The Hall–Kier alpha value is -2.07. The van der Waals surface area contributed by atoms with E-state index in [2.05, 4.69) is 11.4 Å². The second-order valence-corrected chi connectivity index (χ2v) is 5.10. The number of hydrogen-bond donors (Lipinski definition) is 2. The van der Waals surface area contributed by atoms with Gasteiger partial charge in [0.1, 0.15) is 5.76 Å². The number of carbonyl (C=O) groups is 1. The zero-order chi connectivity index (χ0) is 14.7. The molecule has 2 N–H and O–H groups in total. The third-order valence-electron chi connectivity index (χ3n) is 2.89. The number of hydrogen-bond acceptors (Lipinski definition) is 3. The fourth-order valence-corrected chi connectivity index (χ4v) is 2.06. The van der Waals surface area contributed by atoms with Gasteiger partial charge in [0.25, 0.3) is 5.91 Å². The van der Waals surface area contributed by atoms with E-state index >= 15 is 0 Å². The number of furan rings is 1. The third-order valence-corrected chi connectivity index (χ3v) is 2.89. The summed E-state index contributed by atoms with van der Waals surface area (Å²) in [5, 5.41) is 11.8. The quantitative estimate of drug-likeness (QED) is 0.900. The van der Waals surface area contributed by atoms with Crippen molar-refractivity contribution < 1.29 is 14.3 Å². The van der Waals surface area contributed by atoms with Gasteiger partial charge in [-0.2, -0.15) is 0 Å². The summed E-state index contributed by atoms with van der Waals surface area (Å²) in [6.45, 7) is 5.87. The van der Waals surface area contributed by atoms with Crippen LogP contribution in [-0.2, 0) is 0 Å². The highest BCUT2D eigenvalue weighted by Crippen LogP contribution is 2.24. The number of aliphatic hydroxyl groups excluding tert-OH is 1. The number of carbonyl (C=O) groups excluding carboxylic acids is 1. The van der Waals surface area contributed by atoms with Crippen LogP contribution in [0.25, 0.3) is 11.3 Å². The lowest BCUT2D eigenvalue weighted by atomic mass is 10.1. The number of benzene rings is 1. The molecule has 4 nitrogen and oxygen atoms in total. The highest BCUT2D eigenvalue weighted by atomic mass is 16.4. The van der Waals surface area contributed by atoms with E-state index in [1.54, 1.807) is 19.1 Å². The lowest BCUT2D eigenvalue weighted by Gasteiger charge is -2.05. The summed E-state index contributed by atoms with van der Waals surface area (Å²) < 4.78 is 5.58. The van der Waals surface area contributed by atoms with E-state index in [0.717, 1.165) is 16.7 Å². The zero-order valence-corrected chi connectivity index (χ0v) is 11.9. The number of rotatable bonds is 4. The molecule has 1 aromatic carbocycles. The summed E-state index contributed by atoms with van der Waals surface area (Å²) in [6.07, 6.45) is -0.576. The fourth-order valence-electron chi connectivity index (χ4n) is 2.06.